The Balaban J connectivity index is 1.83. The van der Waals surface area contributed by atoms with Crippen LogP contribution in [0.3, 0.4) is 0 Å². The maximum Gasteiger partial charge on any atom is 0.0889 e. The fraction of sp³-hybridized carbons (Fsp3) is 0.263. The van der Waals surface area contributed by atoms with Crippen LogP contribution in [0.2, 0.25) is 0 Å². The highest BCUT2D eigenvalue weighted by Crippen LogP contribution is 2.22. The van der Waals surface area contributed by atoms with Crippen molar-refractivity contribution < 1.29 is 0 Å². The molecule has 0 aliphatic carbocycles. The summed E-state index contributed by atoms with van der Waals surface area (Å²) in [5.74, 6) is 0.535. The second kappa shape index (κ2) is 6.75. The van der Waals surface area contributed by atoms with Crippen molar-refractivity contribution in [2.24, 2.45) is 5.73 Å². The number of aromatic nitrogens is 3. The van der Waals surface area contributed by atoms with Gasteiger partial charge in [0.25, 0.3) is 0 Å². The van der Waals surface area contributed by atoms with Gasteiger partial charge in [-0.15, -0.1) is 5.10 Å². The molecule has 0 fully saturated rings. The number of hydrogen-bond donors (Lipinski definition) is 1. The third-order valence-corrected chi connectivity index (χ3v) is 4.08. The predicted octanol–water partition coefficient (Wildman–Crippen LogP) is 3.58. The highest BCUT2D eigenvalue weighted by atomic mass is 15.4. The van der Waals surface area contributed by atoms with E-state index in [2.05, 4.69) is 72.7 Å². The standard InChI is InChI=1S/C19H22N4/c1-14(2)17-7-9-18(10-8-17)19-12-21-22-23(19)13-16-5-3-15(11-20)4-6-16/h3-10,12,14H,11,13,20H2,1-2H3. The van der Waals surface area contributed by atoms with Crippen molar-refractivity contribution in [3.63, 3.8) is 0 Å². The molecule has 4 nitrogen and oxygen atoms in total. The Hall–Kier alpha value is -2.46. The molecule has 4 heteroatoms. The largest absolute Gasteiger partial charge is 0.326 e. The van der Waals surface area contributed by atoms with Crippen LogP contribution < -0.4 is 5.73 Å². The molecule has 3 rings (SSSR count). The minimum absolute atomic E-state index is 0.535. The molecule has 1 aromatic heterocycles. The monoisotopic (exact) mass is 306 g/mol. The molecule has 2 aromatic carbocycles. The fourth-order valence-electron chi connectivity index (χ4n) is 2.59. The van der Waals surface area contributed by atoms with Gasteiger partial charge in [-0.3, -0.25) is 0 Å². The van der Waals surface area contributed by atoms with Gasteiger partial charge in [-0.2, -0.15) is 0 Å². The Morgan fingerprint density at radius 1 is 0.957 bits per heavy atom. The average Bonchev–Trinajstić information content (AvgIpc) is 3.04. The van der Waals surface area contributed by atoms with Crippen LogP contribution in [0.5, 0.6) is 0 Å². The van der Waals surface area contributed by atoms with E-state index in [1.807, 2.05) is 10.9 Å². The van der Waals surface area contributed by atoms with Crippen LogP contribution in [0.1, 0.15) is 36.5 Å². The molecule has 0 spiro atoms. The lowest BCUT2D eigenvalue weighted by molar-refractivity contribution is 0.655. The van der Waals surface area contributed by atoms with E-state index in [1.54, 1.807) is 0 Å². The quantitative estimate of drug-likeness (QED) is 0.784. The first-order valence-corrected chi connectivity index (χ1v) is 7.94. The molecule has 23 heavy (non-hydrogen) atoms. The molecule has 0 radical (unpaired) electrons. The number of nitrogens with two attached hydrogens (primary N) is 1. The average molecular weight is 306 g/mol. The van der Waals surface area contributed by atoms with Gasteiger partial charge >= 0.3 is 0 Å². The lowest BCUT2D eigenvalue weighted by Crippen LogP contribution is -2.04. The summed E-state index contributed by atoms with van der Waals surface area (Å²) >= 11 is 0. The minimum Gasteiger partial charge on any atom is -0.326 e. The Labute approximate surface area is 137 Å². The molecule has 1 heterocycles. The molecule has 0 saturated carbocycles. The first-order valence-electron chi connectivity index (χ1n) is 7.94. The molecule has 0 aliphatic heterocycles. The van der Waals surface area contributed by atoms with Gasteiger partial charge in [0, 0.05) is 12.1 Å². The van der Waals surface area contributed by atoms with E-state index in [0.717, 1.165) is 16.8 Å². The Morgan fingerprint density at radius 2 is 1.61 bits per heavy atom. The van der Waals surface area contributed by atoms with Crippen LogP contribution in [0.15, 0.2) is 54.7 Å². The molecule has 3 aromatic rings. The fourth-order valence-corrected chi connectivity index (χ4v) is 2.59. The van der Waals surface area contributed by atoms with E-state index in [0.29, 0.717) is 19.0 Å². The zero-order valence-corrected chi connectivity index (χ0v) is 13.6. The molecule has 0 saturated heterocycles. The Kier molecular flexibility index (Phi) is 4.53. The second-order valence-corrected chi connectivity index (χ2v) is 6.07. The number of hydrogen-bond acceptors (Lipinski definition) is 3. The van der Waals surface area contributed by atoms with E-state index in [9.17, 15) is 0 Å². The molecule has 0 aliphatic rings. The molecular weight excluding hydrogens is 284 g/mol. The van der Waals surface area contributed by atoms with Gasteiger partial charge in [0.1, 0.15) is 0 Å². The summed E-state index contributed by atoms with van der Waals surface area (Å²) in [6, 6.07) is 16.9. The van der Waals surface area contributed by atoms with Crippen LogP contribution in [0.4, 0.5) is 0 Å². The number of nitrogens with zero attached hydrogens (tertiary/aromatic N) is 3. The van der Waals surface area contributed by atoms with Crippen molar-refractivity contribution in [1.29, 1.82) is 0 Å². The predicted molar refractivity (Wildman–Crippen MR) is 93.0 cm³/mol. The van der Waals surface area contributed by atoms with Crippen molar-refractivity contribution in [2.45, 2.75) is 32.9 Å². The van der Waals surface area contributed by atoms with E-state index in [1.165, 1.54) is 11.1 Å². The maximum absolute atomic E-state index is 5.64. The lowest BCUT2D eigenvalue weighted by atomic mass is 10.0. The van der Waals surface area contributed by atoms with Crippen LogP contribution in [0.25, 0.3) is 11.3 Å². The van der Waals surface area contributed by atoms with E-state index in [4.69, 9.17) is 5.73 Å². The van der Waals surface area contributed by atoms with Gasteiger partial charge in [0.05, 0.1) is 18.4 Å². The summed E-state index contributed by atoms with van der Waals surface area (Å²) in [5.41, 5.74) is 11.5. The van der Waals surface area contributed by atoms with Crippen LogP contribution in [-0.2, 0) is 13.1 Å². The SMILES string of the molecule is CC(C)c1ccc(-c2cnnn2Cc2ccc(CN)cc2)cc1. The zero-order valence-electron chi connectivity index (χ0n) is 13.6. The molecule has 0 atom stereocenters. The van der Waals surface area contributed by atoms with E-state index in [-0.39, 0.29) is 0 Å². The van der Waals surface area contributed by atoms with Gasteiger partial charge in [0.15, 0.2) is 0 Å². The summed E-state index contributed by atoms with van der Waals surface area (Å²) in [6.07, 6.45) is 1.82. The first-order chi connectivity index (χ1) is 11.2. The zero-order chi connectivity index (χ0) is 16.2. The van der Waals surface area contributed by atoms with Gasteiger partial charge in [-0.25, -0.2) is 4.68 Å². The highest BCUT2D eigenvalue weighted by Gasteiger charge is 2.08. The number of benzene rings is 2. The molecular formula is C19H22N4. The topological polar surface area (TPSA) is 56.7 Å². The van der Waals surface area contributed by atoms with Gasteiger partial charge in [0.2, 0.25) is 0 Å². The highest BCUT2D eigenvalue weighted by molar-refractivity contribution is 5.59. The summed E-state index contributed by atoms with van der Waals surface area (Å²) < 4.78 is 1.93. The third kappa shape index (κ3) is 3.48. The summed E-state index contributed by atoms with van der Waals surface area (Å²) in [7, 11) is 0. The summed E-state index contributed by atoms with van der Waals surface area (Å²) in [4.78, 5) is 0. The lowest BCUT2D eigenvalue weighted by Gasteiger charge is -2.09. The summed E-state index contributed by atoms with van der Waals surface area (Å²) in [5, 5.41) is 8.31. The van der Waals surface area contributed by atoms with Crippen LogP contribution in [0, 0.1) is 0 Å². The van der Waals surface area contributed by atoms with Gasteiger partial charge in [-0.1, -0.05) is 67.6 Å². The van der Waals surface area contributed by atoms with E-state index >= 15 is 0 Å². The van der Waals surface area contributed by atoms with Crippen LogP contribution >= 0.6 is 0 Å². The third-order valence-electron chi connectivity index (χ3n) is 4.08. The second-order valence-electron chi connectivity index (χ2n) is 6.07. The smallest absolute Gasteiger partial charge is 0.0889 e. The van der Waals surface area contributed by atoms with Crippen LogP contribution in [-0.4, -0.2) is 15.0 Å². The molecule has 0 unspecified atom stereocenters. The van der Waals surface area contributed by atoms with Crippen molar-refractivity contribution in [3.8, 4) is 11.3 Å². The summed E-state index contributed by atoms with van der Waals surface area (Å²) in [6.45, 7) is 5.67. The minimum atomic E-state index is 0.535. The van der Waals surface area contributed by atoms with Crippen molar-refractivity contribution in [1.82, 2.24) is 15.0 Å². The molecule has 118 valence electrons. The normalized spacial score (nSPS) is 11.1. The number of rotatable bonds is 5. The van der Waals surface area contributed by atoms with Crippen molar-refractivity contribution in [3.05, 3.63) is 71.4 Å². The van der Waals surface area contributed by atoms with Gasteiger partial charge < -0.3 is 5.73 Å². The molecule has 2 N–H and O–H groups in total. The molecule has 0 bridgehead atoms. The van der Waals surface area contributed by atoms with Crippen molar-refractivity contribution in [2.75, 3.05) is 0 Å². The van der Waals surface area contributed by atoms with Gasteiger partial charge in [-0.05, 0) is 22.6 Å². The first kappa shape index (κ1) is 15.4. The Morgan fingerprint density at radius 3 is 2.22 bits per heavy atom. The van der Waals surface area contributed by atoms with Crippen molar-refractivity contribution >= 4 is 0 Å². The molecule has 0 amide bonds. The van der Waals surface area contributed by atoms with E-state index < -0.39 is 0 Å². The maximum atomic E-state index is 5.64. The Bertz CT molecular complexity index is 755.